The van der Waals surface area contributed by atoms with Crippen LogP contribution in [0.1, 0.15) is 35.5 Å². The molecule has 0 radical (unpaired) electrons. The number of terminal acetylenes is 1. The van der Waals surface area contributed by atoms with Gasteiger partial charge in [0.15, 0.2) is 10.9 Å². The summed E-state index contributed by atoms with van der Waals surface area (Å²) in [5.74, 6) is 1.42. The van der Waals surface area contributed by atoms with E-state index >= 15 is 0 Å². The maximum Gasteiger partial charge on any atom is 0.251 e. The van der Waals surface area contributed by atoms with Gasteiger partial charge in [-0.2, -0.15) is 0 Å². The number of Topliss-reactive ketones (excluding diaryl/α,β-unsaturated/α-hetero) is 1. The molecule has 2 aromatic rings. The highest BCUT2D eigenvalue weighted by atomic mass is 32.1. The van der Waals surface area contributed by atoms with Gasteiger partial charge in [0, 0.05) is 48.7 Å². The Morgan fingerprint density at radius 2 is 1.93 bits per heavy atom. The summed E-state index contributed by atoms with van der Waals surface area (Å²) < 4.78 is 5.60. The van der Waals surface area contributed by atoms with E-state index in [1.807, 2.05) is 26.0 Å². The molecule has 5 unspecified atom stereocenters. The van der Waals surface area contributed by atoms with E-state index < -0.39 is 18.2 Å². The van der Waals surface area contributed by atoms with Crippen LogP contribution in [0, 0.1) is 31.1 Å². The van der Waals surface area contributed by atoms with Crippen molar-refractivity contribution in [3.05, 3.63) is 34.7 Å². The van der Waals surface area contributed by atoms with Gasteiger partial charge in [-0.15, -0.1) is 17.8 Å². The number of hydrogen-bond acceptors (Lipinski definition) is 8. The number of piperazine rings is 1. The summed E-state index contributed by atoms with van der Waals surface area (Å²) in [4.78, 5) is 51.8. The fourth-order valence-electron chi connectivity index (χ4n) is 5.68. The molecule has 0 bridgehead atoms. The molecule has 1 aromatic carbocycles. The lowest BCUT2D eigenvalue weighted by Crippen LogP contribution is -2.54. The molecule has 2 amide bonds. The fourth-order valence-corrected chi connectivity index (χ4v) is 6.66. The summed E-state index contributed by atoms with van der Waals surface area (Å²) in [6.45, 7) is 10.1. The molecule has 5 atom stereocenters. The maximum atomic E-state index is 13.7. The Bertz CT molecular complexity index is 1310. The molecule has 40 heavy (non-hydrogen) atoms. The minimum atomic E-state index is -0.783. The molecule has 0 spiro atoms. The number of ketones is 1. The number of carbonyl (C=O) groups is 3. The Kier molecular flexibility index (Phi) is 8.26. The van der Waals surface area contributed by atoms with Gasteiger partial charge in [-0.3, -0.25) is 14.4 Å². The second-order valence-electron chi connectivity index (χ2n) is 11.1. The largest absolute Gasteiger partial charge is 0.366 e. The average Bonchev–Trinajstić information content (AvgIpc) is 3.66. The first-order valence-electron chi connectivity index (χ1n) is 13.9. The van der Waals surface area contributed by atoms with Crippen molar-refractivity contribution in [3.8, 4) is 23.6 Å². The molecule has 1 aromatic heterocycles. The van der Waals surface area contributed by atoms with Crippen LogP contribution in [0.25, 0.3) is 11.3 Å². The van der Waals surface area contributed by atoms with Crippen molar-refractivity contribution in [1.29, 1.82) is 0 Å². The van der Waals surface area contributed by atoms with Crippen LogP contribution >= 0.6 is 11.3 Å². The van der Waals surface area contributed by atoms with Crippen molar-refractivity contribution in [2.24, 2.45) is 11.8 Å². The first kappa shape index (κ1) is 28.3. The zero-order valence-electron chi connectivity index (χ0n) is 23.6. The minimum Gasteiger partial charge on any atom is -0.366 e. The molecule has 0 aliphatic carbocycles. The van der Waals surface area contributed by atoms with Crippen molar-refractivity contribution in [3.63, 3.8) is 0 Å². The third kappa shape index (κ3) is 5.38. The molecule has 1 N–H and O–H groups in total. The Morgan fingerprint density at radius 1 is 1.23 bits per heavy atom. The van der Waals surface area contributed by atoms with Crippen LogP contribution in [0.2, 0.25) is 0 Å². The van der Waals surface area contributed by atoms with E-state index in [-0.39, 0.29) is 42.6 Å². The van der Waals surface area contributed by atoms with Gasteiger partial charge in [0.2, 0.25) is 5.91 Å². The van der Waals surface area contributed by atoms with Crippen LogP contribution in [0.3, 0.4) is 0 Å². The Labute approximate surface area is 239 Å². The summed E-state index contributed by atoms with van der Waals surface area (Å²) in [5, 5.41) is 3.98. The SMILES string of the molecule is C#CC1CN(C(=O)C(NC(=O)c2ccc(-c3nc(N4CCN(C)CC4)sc3C)cc2)C(C)CC)C2C(=O)COC12. The lowest BCUT2D eigenvalue weighted by molar-refractivity contribution is -0.139. The highest BCUT2D eigenvalue weighted by Crippen LogP contribution is 2.34. The van der Waals surface area contributed by atoms with Crippen molar-refractivity contribution in [2.45, 2.75) is 45.4 Å². The molecule has 4 heterocycles. The van der Waals surface area contributed by atoms with Gasteiger partial charge < -0.3 is 24.8 Å². The Hall–Kier alpha value is -3.26. The Morgan fingerprint density at radius 3 is 2.58 bits per heavy atom. The second kappa shape index (κ2) is 11.7. The molecule has 3 saturated heterocycles. The molecule has 212 valence electrons. The van der Waals surface area contributed by atoms with E-state index in [1.165, 1.54) is 4.90 Å². The smallest absolute Gasteiger partial charge is 0.251 e. The van der Waals surface area contributed by atoms with Crippen LogP contribution in [-0.4, -0.2) is 96.9 Å². The topological polar surface area (TPSA) is 95.1 Å². The van der Waals surface area contributed by atoms with Crippen molar-refractivity contribution < 1.29 is 19.1 Å². The van der Waals surface area contributed by atoms with Gasteiger partial charge in [0.05, 0.1) is 11.6 Å². The summed E-state index contributed by atoms with van der Waals surface area (Å²) in [7, 11) is 2.14. The number of thiazole rings is 1. The highest BCUT2D eigenvalue weighted by molar-refractivity contribution is 7.16. The van der Waals surface area contributed by atoms with Crippen molar-refractivity contribution in [1.82, 2.24) is 20.1 Å². The van der Waals surface area contributed by atoms with Crippen molar-refractivity contribution >= 4 is 34.1 Å². The number of carbonyl (C=O) groups excluding carboxylic acids is 3. The normalized spacial score (nSPS) is 24.5. The Balaban J connectivity index is 1.30. The summed E-state index contributed by atoms with van der Waals surface area (Å²) >= 11 is 1.69. The lowest BCUT2D eigenvalue weighted by atomic mass is 9.96. The summed E-state index contributed by atoms with van der Waals surface area (Å²) in [5.41, 5.74) is 2.33. The number of aryl methyl sites for hydroxylation is 1. The van der Waals surface area contributed by atoms with Crippen molar-refractivity contribution in [2.75, 3.05) is 51.3 Å². The maximum absolute atomic E-state index is 13.7. The number of likely N-dealkylation sites (tertiary alicyclic amines) is 1. The molecular formula is C30H37N5O4S. The first-order valence-corrected chi connectivity index (χ1v) is 14.8. The quantitative estimate of drug-likeness (QED) is 0.517. The number of likely N-dealkylation sites (N-methyl/N-ethyl adjacent to an activating group) is 1. The zero-order valence-corrected chi connectivity index (χ0v) is 24.4. The number of benzene rings is 1. The molecule has 5 rings (SSSR count). The van der Waals surface area contributed by atoms with E-state index in [4.69, 9.17) is 16.1 Å². The monoisotopic (exact) mass is 563 g/mol. The third-order valence-electron chi connectivity index (χ3n) is 8.43. The van der Waals surface area contributed by atoms with Crippen LogP contribution in [0.5, 0.6) is 0 Å². The number of nitrogens with zero attached hydrogens (tertiary/aromatic N) is 4. The number of amides is 2. The van der Waals surface area contributed by atoms with E-state index in [1.54, 1.807) is 23.5 Å². The molecule has 9 nitrogen and oxygen atoms in total. The number of nitrogens with one attached hydrogen (secondary N) is 1. The minimum absolute atomic E-state index is 0.0423. The molecule has 3 aliphatic rings. The van der Waals surface area contributed by atoms with Gasteiger partial charge in [-0.05, 0) is 32.0 Å². The standard InChI is InChI=1S/C30H37N5O4S/c1-6-18(3)24(29(38)35-16-20(7-2)27-26(35)23(36)17-39-27)31-28(37)22-10-8-21(9-11-22)25-19(4)40-30(32-25)34-14-12-33(5)13-15-34/h2,8-11,18,20,24,26-27H,6,12-17H2,1,3-5H3,(H,31,37). The van der Waals surface area contributed by atoms with Gasteiger partial charge in [-0.25, -0.2) is 4.98 Å². The highest BCUT2D eigenvalue weighted by Gasteiger charge is 2.53. The summed E-state index contributed by atoms with van der Waals surface area (Å²) in [6, 6.07) is 5.88. The van der Waals surface area contributed by atoms with E-state index in [2.05, 4.69) is 35.0 Å². The van der Waals surface area contributed by atoms with E-state index in [0.29, 0.717) is 12.0 Å². The van der Waals surface area contributed by atoms with E-state index in [0.717, 1.165) is 47.4 Å². The second-order valence-corrected chi connectivity index (χ2v) is 12.2. The molecule has 10 heteroatoms. The predicted molar refractivity (Wildman–Crippen MR) is 155 cm³/mol. The number of rotatable bonds is 7. The molecule has 0 saturated carbocycles. The summed E-state index contributed by atoms with van der Waals surface area (Å²) in [6.07, 6.45) is 5.87. The van der Waals surface area contributed by atoms with Crippen LogP contribution in [0.4, 0.5) is 5.13 Å². The first-order chi connectivity index (χ1) is 19.2. The van der Waals surface area contributed by atoms with Crippen LogP contribution in [-0.2, 0) is 14.3 Å². The molecule has 3 fully saturated rings. The average molecular weight is 564 g/mol. The number of hydrogen-bond donors (Lipinski definition) is 1. The number of aromatic nitrogens is 1. The predicted octanol–water partition coefficient (Wildman–Crippen LogP) is 2.44. The van der Waals surface area contributed by atoms with Crippen LogP contribution in [0.15, 0.2) is 24.3 Å². The van der Waals surface area contributed by atoms with Gasteiger partial charge in [-0.1, -0.05) is 38.3 Å². The van der Waals surface area contributed by atoms with Gasteiger partial charge >= 0.3 is 0 Å². The van der Waals surface area contributed by atoms with Gasteiger partial charge in [0.1, 0.15) is 24.8 Å². The van der Waals surface area contributed by atoms with Crippen LogP contribution < -0.4 is 10.2 Å². The third-order valence-corrected chi connectivity index (χ3v) is 9.46. The zero-order chi connectivity index (χ0) is 28.6. The van der Waals surface area contributed by atoms with E-state index in [9.17, 15) is 14.4 Å². The molecule has 3 aliphatic heterocycles. The number of fused-ring (bicyclic) bond motifs is 1. The number of ether oxygens (including phenoxy) is 1. The molecular weight excluding hydrogens is 526 g/mol. The number of anilines is 1. The lowest BCUT2D eigenvalue weighted by Gasteiger charge is -2.32. The fraction of sp³-hybridized carbons (Fsp3) is 0.533. The van der Waals surface area contributed by atoms with Gasteiger partial charge in [0.25, 0.3) is 5.91 Å².